The van der Waals surface area contributed by atoms with Gasteiger partial charge in [0, 0.05) is 25.0 Å². The first kappa shape index (κ1) is 29.9. The average Bonchev–Trinajstić information content (AvgIpc) is 2.82. The summed E-state index contributed by atoms with van der Waals surface area (Å²) in [4.78, 5) is 26.6. The lowest BCUT2D eigenvalue weighted by molar-refractivity contribution is -0.226. The molecule has 6 nitrogen and oxygen atoms in total. The Kier molecular flexibility index (Phi) is 8.22. The Morgan fingerprint density at radius 1 is 1.16 bits per heavy atom. The minimum atomic E-state index is -2.01. The molecule has 0 N–H and O–H groups in total. The first-order valence-corrected chi connectivity index (χ1v) is 17.8. The molecular weight excluding hydrogens is 496 g/mol. The number of carbonyl (C=O) groups excluding carboxylic acids is 2. The fourth-order valence-corrected chi connectivity index (χ4v) is 9.70. The molecule has 2 fully saturated rings. The summed E-state index contributed by atoms with van der Waals surface area (Å²) in [5, 5.41) is 0.107. The first-order valence-electron chi connectivity index (χ1n) is 14.9. The van der Waals surface area contributed by atoms with E-state index in [0.717, 1.165) is 25.7 Å². The highest BCUT2D eigenvalue weighted by Gasteiger charge is 2.63. The van der Waals surface area contributed by atoms with Crippen LogP contribution in [0.3, 0.4) is 0 Å². The predicted molar refractivity (Wildman–Crippen MR) is 151 cm³/mol. The fraction of sp³-hybridized carbons (Fsp3) is 0.871. The third-order valence-electron chi connectivity index (χ3n) is 11.3. The summed E-state index contributed by atoms with van der Waals surface area (Å²) >= 11 is 0. The van der Waals surface area contributed by atoms with Crippen molar-refractivity contribution in [2.24, 2.45) is 40.9 Å². The monoisotopic (exact) mass is 548 g/mol. The van der Waals surface area contributed by atoms with Crippen molar-refractivity contribution in [3.63, 3.8) is 0 Å². The Morgan fingerprint density at radius 2 is 1.82 bits per heavy atom. The van der Waals surface area contributed by atoms with Gasteiger partial charge in [0.1, 0.15) is 5.78 Å². The van der Waals surface area contributed by atoms with Crippen LogP contribution in [0.15, 0.2) is 11.1 Å². The van der Waals surface area contributed by atoms with Gasteiger partial charge in [0.25, 0.3) is 0 Å². The smallest absolute Gasteiger partial charge is 0.311 e. The highest BCUT2D eigenvalue weighted by molar-refractivity contribution is 6.74. The number of carbonyl (C=O) groups is 2. The SMILES string of the molecule is CCO[C@H]1C[C@@H]2C3=C(C[C@@H](C(C)=O)[C@H]2C)[C@]2(C)CC[C@@H](O[Si](C)(C)C(C)(C)C)[C@H](C)[C@H]2[C@H](C(=O)OC)[C@@H]3O1. The van der Waals surface area contributed by atoms with Gasteiger partial charge < -0.3 is 18.6 Å². The topological polar surface area (TPSA) is 71.1 Å². The fourth-order valence-electron chi connectivity index (χ4n) is 8.26. The maximum Gasteiger partial charge on any atom is 0.311 e. The summed E-state index contributed by atoms with van der Waals surface area (Å²) in [6.45, 7) is 22.6. The number of Topliss-reactive ketones (excluding diaryl/α,β-unsaturated/α-hetero) is 1. The number of methoxy groups -OCH3 is 1. The summed E-state index contributed by atoms with van der Waals surface area (Å²) in [6, 6.07) is 0. The maximum absolute atomic E-state index is 13.7. The van der Waals surface area contributed by atoms with Crippen molar-refractivity contribution in [1.29, 1.82) is 0 Å². The lowest BCUT2D eigenvalue weighted by Crippen LogP contribution is -2.62. The molecule has 216 valence electrons. The second kappa shape index (κ2) is 10.4. The highest BCUT2D eigenvalue weighted by atomic mass is 28.4. The molecule has 0 aromatic carbocycles. The van der Waals surface area contributed by atoms with E-state index in [1.807, 2.05) is 6.92 Å². The number of fused-ring (bicyclic) bond motifs is 2. The minimum absolute atomic E-state index is 0.00394. The van der Waals surface area contributed by atoms with Crippen LogP contribution in [0.25, 0.3) is 0 Å². The number of ether oxygens (including phenoxy) is 3. The lowest BCUT2D eigenvalue weighted by atomic mass is 9.46. The van der Waals surface area contributed by atoms with E-state index in [-0.39, 0.29) is 70.3 Å². The highest BCUT2D eigenvalue weighted by Crippen LogP contribution is 2.64. The standard InChI is InChI=1S/C31H52O6Si/c1-12-35-24-16-21-17(2)20(19(4)32)15-22-25(21)28(36-24)26(29(33)34-9)27-18(3)23(13-14-31(22,27)8)37-38(10,11)30(5,6)7/h17-18,20-21,23-24,26-28H,12-16H2,1-11H3/t17-,18+,20-,21+,23-,24-,26+,27+,28-,31+/m1/s1. The van der Waals surface area contributed by atoms with Gasteiger partial charge in [0.15, 0.2) is 14.6 Å². The zero-order chi connectivity index (χ0) is 28.4. The summed E-state index contributed by atoms with van der Waals surface area (Å²) in [7, 11) is -0.517. The molecule has 4 rings (SSSR count). The van der Waals surface area contributed by atoms with E-state index in [1.165, 1.54) is 18.3 Å². The van der Waals surface area contributed by atoms with Crippen LogP contribution in [-0.2, 0) is 28.2 Å². The van der Waals surface area contributed by atoms with Crippen LogP contribution >= 0.6 is 0 Å². The van der Waals surface area contributed by atoms with Crippen molar-refractivity contribution >= 4 is 20.1 Å². The van der Waals surface area contributed by atoms with E-state index >= 15 is 0 Å². The van der Waals surface area contributed by atoms with Gasteiger partial charge in [-0.1, -0.05) is 47.1 Å². The zero-order valence-electron chi connectivity index (χ0n) is 25.7. The zero-order valence-corrected chi connectivity index (χ0v) is 26.7. The molecule has 10 atom stereocenters. The van der Waals surface area contributed by atoms with Gasteiger partial charge in [-0.05, 0) is 85.9 Å². The summed E-state index contributed by atoms with van der Waals surface area (Å²) in [5.74, 6) is 0.141. The first-order chi connectivity index (χ1) is 17.6. The summed E-state index contributed by atoms with van der Waals surface area (Å²) in [6.07, 6.45) is 2.72. The summed E-state index contributed by atoms with van der Waals surface area (Å²) < 4.78 is 25.3. The van der Waals surface area contributed by atoms with Crippen LogP contribution < -0.4 is 0 Å². The van der Waals surface area contributed by atoms with Gasteiger partial charge in [-0.25, -0.2) is 0 Å². The molecule has 0 aromatic rings. The van der Waals surface area contributed by atoms with Crippen molar-refractivity contribution in [3.8, 4) is 0 Å². The number of hydrogen-bond acceptors (Lipinski definition) is 6. The third kappa shape index (κ3) is 4.77. The van der Waals surface area contributed by atoms with E-state index < -0.39 is 14.2 Å². The second-order valence-electron chi connectivity index (χ2n) is 14.3. The van der Waals surface area contributed by atoms with Crippen LogP contribution in [0.4, 0.5) is 0 Å². The van der Waals surface area contributed by atoms with Crippen molar-refractivity contribution in [2.45, 2.75) is 118 Å². The van der Waals surface area contributed by atoms with Gasteiger partial charge in [-0.3, -0.25) is 9.59 Å². The molecule has 1 heterocycles. The van der Waals surface area contributed by atoms with E-state index in [9.17, 15) is 9.59 Å². The third-order valence-corrected chi connectivity index (χ3v) is 15.8. The molecule has 4 aliphatic rings. The molecule has 7 heteroatoms. The molecule has 38 heavy (non-hydrogen) atoms. The van der Waals surface area contributed by atoms with Crippen LogP contribution in [0.2, 0.25) is 18.1 Å². The molecule has 1 saturated carbocycles. The molecule has 0 aromatic heterocycles. The molecule has 1 aliphatic heterocycles. The number of allylic oxidation sites excluding steroid dienone is 1. The number of hydrogen-bond donors (Lipinski definition) is 0. The quantitative estimate of drug-likeness (QED) is 0.213. The molecule has 0 bridgehead atoms. The normalized spacial score (nSPS) is 41.3. The van der Waals surface area contributed by atoms with E-state index in [0.29, 0.717) is 6.61 Å². The predicted octanol–water partition coefficient (Wildman–Crippen LogP) is 6.54. The number of rotatable bonds is 6. The summed E-state index contributed by atoms with van der Waals surface area (Å²) in [5.41, 5.74) is 2.45. The van der Waals surface area contributed by atoms with Crippen molar-refractivity contribution in [1.82, 2.24) is 0 Å². The van der Waals surface area contributed by atoms with Gasteiger partial charge in [-0.15, -0.1) is 0 Å². The Balaban J connectivity index is 1.85. The maximum atomic E-state index is 13.7. The second-order valence-corrected chi connectivity index (χ2v) is 19.1. The number of ketones is 1. The van der Waals surface area contributed by atoms with Crippen molar-refractivity contribution in [2.75, 3.05) is 13.7 Å². The van der Waals surface area contributed by atoms with Gasteiger partial charge in [-0.2, -0.15) is 0 Å². The largest absolute Gasteiger partial charge is 0.469 e. The number of esters is 1. The Bertz CT molecular complexity index is 966. The van der Waals surface area contributed by atoms with Crippen LogP contribution in [0, 0.1) is 40.9 Å². The average molecular weight is 549 g/mol. The lowest BCUT2D eigenvalue weighted by Gasteiger charge is -2.62. The van der Waals surface area contributed by atoms with Gasteiger partial charge >= 0.3 is 5.97 Å². The molecule has 1 saturated heterocycles. The van der Waals surface area contributed by atoms with Crippen molar-refractivity contribution < 1.29 is 28.2 Å². The molecule has 0 radical (unpaired) electrons. The van der Waals surface area contributed by atoms with Crippen LogP contribution in [0.5, 0.6) is 0 Å². The Morgan fingerprint density at radius 3 is 2.37 bits per heavy atom. The van der Waals surface area contributed by atoms with E-state index in [2.05, 4.69) is 54.6 Å². The molecule has 0 unspecified atom stereocenters. The Hall–Kier alpha value is -1.02. The molecule has 0 spiro atoms. The van der Waals surface area contributed by atoms with Crippen LogP contribution in [0.1, 0.15) is 81.1 Å². The molecule has 3 aliphatic carbocycles. The van der Waals surface area contributed by atoms with E-state index in [1.54, 1.807) is 6.92 Å². The van der Waals surface area contributed by atoms with Crippen molar-refractivity contribution in [3.05, 3.63) is 11.1 Å². The molecular formula is C31H52O6Si. The van der Waals surface area contributed by atoms with Crippen LogP contribution in [-0.4, -0.2) is 52.3 Å². The van der Waals surface area contributed by atoms with E-state index in [4.69, 9.17) is 18.6 Å². The molecule has 0 amide bonds. The Labute approximate surface area is 231 Å². The minimum Gasteiger partial charge on any atom is -0.469 e. The van der Waals surface area contributed by atoms with Gasteiger partial charge in [0.2, 0.25) is 0 Å². The van der Waals surface area contributed by atoms with Gasteiger partial charge in [0.05, 0.1) is 19.1 Å².